The summed E-state index contributed by atoms with van der Waals surface area (Å²) in [4.78, 5) is 30.8. The maximum atomic E-state index is 14.0. The summed E-state index contributed by atoms with van der Waals surface area (Å²) in [6.07, 6.45) is 4.41. The van der Waals surface area contributed by atoms with Gasteiger partial charge in [0.2, 0.25) is 5.91 Å². The number of carbonyl (C=O) groups is 2. The van der Waals surface area contributed by atoms with Crippen molar-refractivity contribution < 1.29 is 19.1 Å². The number of ether oxygens (including phenoxy) is 2. The number of hydrogen-bond donors (Lipinski definition) is 1. The third kappa shape index (κ3) is 3.97. The number of thiophene rings is 1. The summed E-state index contributed by atoms with van der Waals surface area (Å²) < 4.78 is 13.2. The Morgan fingerprint density at radius 3 is 2.60 bits per heavy atom. The van der Waals surface area contributed by atoms with E-state index in [1.165, 1.54) is 6.42 Å². The minimum Gasteiger partial charge on any atom is -0.496 e. The molecule has 3 unspecified atom stereocenters. The van der Waals surface area contributed by atoms with Crippen LogP contribution < -0.4 is 14.8 Å². The Morgan fingerprint density at radius 1 is 1.17 bits per heavy atom. The van der Waals surface area contributed by atoms with Gasteiger partial charge in [0.15, 0.2) is 0 Å². The quantitative estimate of drug-likeness (QED) is 0.532. The van der Waals surface area contributed by atoms with E-state index in [0.717, 1.165) is 35.0 Å². The fourth-order valence-electron chi connectivity index (χ4n) is 5.62. The van der Waals surface area contributed by atoms with Gasteiger partial charge in [-0.15, -0.1) is 11.3 Å². The van der Waals surface area contributed by atoms with E-state index >= 15 is 0 Å². The minimum atomic E-state index is -1.06. The van der Waals surface area contributed by atoms with Gasteiger partial charge < -0.3 is 24.3 Å². The van der Waals surface area contributed by atoms with Gasteiger partial charge in [-0.05, 0) is 55.3 Å². The van der Waals surface area contributed by atoms with Crippen LogP contribution in [0.15, 0.2) is 35.7 Å². The Bertz CT molecular complexity index is 1250. The molecular formula is C27H33N3O4S. The van der Waals surface area contributed by atoms with Gasteiger partial charge in [-0.25, -0.2) is 0 Å². The number of fused-ring (bicyclic) bond motifs is 3. The average molecular weight is 496 g/mol. The summed E-state index contributed by atoms with van der Waals surface area (Å²) in [7, 11) is 3.23. The predicted molar refractivity (Wildman–Crippen MR) is 137 cm³/mol. The lowest BCUT2D eigenvalue weighted by molar-refractivity contribution is -0.134. The second-order valence-corrected chi connectivity index (χ2v) is 11.0. The zero-order chi connectivity index (χ0) is 24.7. The summed E-state index contributed by atoms with van der Waals surface area (Å²) in [5.74, 6) is 1.47. The molecule has 1 N–H and O–H groups in total. The van der Waals surface area contributed by atoms with E-state index in [2.05, 4.69) is 12.2 Å². The van der Waals surface area contributed by atoms with Gasteiger partial charge in [0, 0.05) is 16.3 Å². The van der Waals surface area contributed by atoms with Crippen LogP contribution in [0.4, 0.5) is 0 Å². The van der Waals surface area contributed by atoms with Gasteiger partial charge in [-0.3, -0.25) is 9.59 Å². The van der Waals surface area contributed by atoms with Crippen molar-refractivity contribution in [1.29, 1.82) is 0 Å². The number of hydrogen-bond acceptors (Lipinski definition) is 5. The van der Waals surface area contributed by atoms with Gasteiger partial charge in [0.25, 0.3) is 5.91 Å². The molecule has 1 aliphatic carbocycles. The Labute approximate surface area is 210 Å². The SMILES string of the molecule is COc1ccc(OC)c2c1cc1n2CC(C)(C(=O)NC2CCCCC2C)N(Cc2cccs2)C1=O. The molecule has 2 aromatic heterocycles. The van der Waals surface area contributed by atoms with E-state index in [0.29, 0.717) is 36.2 Å². The van der Waals surface area contributed by atoms with E-state index in [-0.39, 0.29) is 17.9 Å². The van der Waals surface area contributed by atoms with Gasteiger partial charge in [0.1, 0.15) is 22.7 Å². The van der Waals surface area contributed by atoms with Crippen molar-refractivity contribution in [3.63, 3.8) is 0 Å². The fraction of sp³-hybridized carbons (Fsp3) is 0.481. The summed E-state index contributed by atoms with van der Waals surface area (Å²) in [5.41, 5.74) is 0.248. The molecule has 0 bridgehead atoms. The first-order valence-corrected chi connectivity index (χ1v) is 13.1. The topological polar surface area (TPSA) is 72.8 Å². The second kappa shape index (κ2) is 9.22. The molecule has 0 radical (unpaired) electrons. The van der Waals surface area contributed by atoms with Crippen LogP contribution in [0.1, 0.15) is 54.9 Å². The van der Waals surface area contributed by atoms with Gasteiger partial charge in [0.05, 0.1) is 32.8 Å². The second-order valence-electron chi connectivity index (χ2n) is 9.93. The van der Waals surface area contributed by atoms with Crippen molar-refractivity contribution >= 4 is 34.1 Å². The Kier molecular flexibility index (Phi) is 6.25. The van der Waals surface area contributed by atoms with E-state index < -0.39 is 5.54 Å². The molecule has 3 atom stereocenters. The van der Waals surface area contributed by atoms with Crippen LogP contribution in [-0.4, -0.2) is 47.1 Å². The fourth-order valence-corrected chi connectivity index (χ4v) is 6.31. The maximum Gasteiger partial charge on any atom is 0.271 e. The molecule has 7 nitrogen and oxygen atoms in total. The highest BCUT2D eigenvalue weighted by atomic mass is 32.1. The highest BCUT2D eigenvalue weighted by molar-refractivity contribution is 7.09. The first kappa shape index (κ1) is 23.7. The van der Waals surface area contributed by atoms with Crippen LogP contribution in [-0.2, 0) is 17.9 Å². The van der Waals surface area contributed by atoms with Crippen molar-refractivity contribution in [2.75, 3.05) is 14.2 Å². The number of rotatable bonds is 6. The van der Waals surface area contributed by atoms with E-state index in [9.17, 15) is 9.59 Å². The molecule has 5 rings (SSSR count). The molecule has 1 fully saturated rings. The van der Waals surface area contributed by atoms with Crippen LogP contribution >= 0.6 is 11.3 Å². The molecule has 2 aliphatic rings. The normalized spacial score (nSPS) is 24.3. The standard InChI is InChI=1S/C27H33N3O4S/c1-17-8-5-6-10-20(17)28-26(32)27(2)16-29-21(25(31)30(27)15-18-9-7-13-35-18)14-19-22(33-3)11-12-23(34-4)24(19)29/h7,9,11-14,17,20H,5-6,8,10,15-16H2,1-4H3,(H,28,32). The molecule has 1 aromatic carbocycles. The number of nitrogens with zero attached hydrogens (tertiary/aromatic N) is 2. The number of benzene rings is 1. The molecule has 8 heteroatoms. The van der Waals surface area contributed by atoms with Gasteiger partial charge in [-0.2, -0.15) is 0 Å². The lowest BCUT2D eigenvalue weighted by Crippen LogP contribution is -2.65. The Morgan fingerprint density at radius 2 is 1.91 bits per heavy atom. The summed E-state index contributed by atoms with van der Waals surface area (Å²) in [5, 5.41) is 6.13. The average Bonchev–Trinajstić information content (AvgIpc) is 3.51. The molecule has 35 heavy (non-hydrogen) atoms. The molecule has 1 aliphatic heterocycles. The monoisotopic (exact) mass is 495 g/mol. The van der Waals surface area contributed by atoms with Crippen LogP contribution in [0.2, 0.25) is 0 Å². The van der Waals surface area contributed by atoms with Crippen molar-refractivity contribution in [1.82, 2.24) is 14.8 Å². The highest BCUT2D eigenvalue weighted by Crippen LogP contribution is 2.41. The molecule has 186 valence electrons. The molecule has 3 aromatic rings. The van der Waals surface area contributed by atoms with Crippen molar-refractivity contribution in [2.45, 2.75) is 64.2 Å². The van der Waals surface area contributed by atoms with Gasteiger partial charge in [-0.1, -0.05) is 25.8 Å². The van der Waals surface area contributed by atoms with Crippen LogP contribution in [0.3, 0.4) is 0 Å². The number of carbonyl (C=O) groups excluding carboxylic acids is 2. The zero-order valence-corrected chi connectivity index (χ0v) is 21.6. The largest absolute Gasteiger partial charge is 0.496 e. The molecule has 0 spiro atoms. The summed E-state index contributed by atoms with van der Waals surface area (Å²) >= 11 is 1.59. The molecule has 1 saturated carbocycles. The molecule has 0 saturated heterocycles. The molecule has 2 amide bonds. The maximum absolute atomic E-state index is 14.0. The van der Waals surface area contributed by atoms with E-state index in [1.807, 2.05) is 47.2 Å². The number of amides is 2. The number of methoxy groups -OCH3 is 2. The Balaban J connectivity index is 1.61. The highest BCUT2D eigenvalue weighted by Gasteiger charge is 2.49. The lowest BCUT2D eigenvalue weighted by atomic mass is 9.85. The van der Waals surface area contributed by atoms with Crippen LogP contribution in [0.5, 0.6) is 11.5 Å². The van der Waals surface area contributed by atoms with Crippen molar-refractivity contribution in [3.8, 4) is 11.5 Å². The first-order valence-electron chi connectivity index (χ1n) is 12.3. The first-order chi connectivity index (χ1) is 16.9. The molecular weight excluding hydrogens is 462 g/mol. The van der Waals surface area contributed by atoms with Crippen molar-refractivity contribution in [3.05, 3.63) is 46.3 Å². The third-order valence-electron chi connectivity index (χ3n) is 7.76. The third-order valence-corrected chi connectivity index (χ3v) is 8.62. The predicted octanol–water partition coefficient (Wildman–Crippen LogP) is 4.83. The van der Waals surface area contributed by atoms with Gasteiger partial charge >= 0.3 is 0 Å². The minimum absolute atomic E-state index is 0.101. The van der Waals surface area contributed by atoms with Crippen molar-refractivity contribution in [2.24, 2.45) is 5.92 Å². The Hall–Kier alpha value is -3.00. The van der Waals surface area contributed by atoms with Crippen LogP contribution in [0, 0.1) is 5.92 Å². The number of aromatic nitrogens is 1. The lowest BCUT2D eigenvalue weighted by Gasteiger charge is -2.45. The zero-order valence-electron chi connectivity index (χ0n) is 20.8. The van der Waals surface area contributed by atoms with E-state index in [4.69, 9.17) is 9.47 Å². The van der Waals surface area contributed by atoms with Crippen LogP contribution in [0.25, 0.3) is 10.9 Å². The van der Waals surface area contributed by atoms with E-state index in [1.54, 1.807) is 30.5 Å². The number of nitrogens with one attached hydrogen (secondary N) is 1. The summed E-state index contributed by atoms with van der Waals surface area (Å²) in [6, 6.07) is 9.67. The molecule has 3 heterocycles. The summed E-state index contributed by atoms with van der Waals surface area (Å²) in [6.45, 7) is 4.81. The smallest absolute Gasteiger partial charge is 0.271 e.